The predicted octanol–water partition coefficient (Wildman–Crippen LogP) is 18.2. The first-order valence-electron chi connectivity index (χ1n) is 23.1. The predicted molar refractivity (Wildman–Crippen MR) is 288 cm³/mol. The van der Waals surface area contributed by atoms with Crippen molar-refractivity contribution in [2.75, 3.05) is 9.80 Å². The van der Waals surface area contributed by atoms with Gasteiger partial charge in [-0.25, -0.2) is 0 Å². The van der Waals surface area contributed by atoms with E-state index in [1.807, 2.05) is 60.4 Å². The number of aromatic nitrogens is 2. The average molecular weight is 917 g/mol. The largest absolute Gasteiger partial charge is 0.456 e. The van der Waals surface area contributed by atoms with Crippen LogP contribution >= 0.6 is 23.5 Å². The summed E-state index contributed by atoms with van der Waals surface area (Å²) in [6.45, 7) is 0. The van der Waals surface area contributed by atoms with E-state index >= 15 is 0 Å². The highest BCUT2D eigenvalue weighted by Gasteiger charge is 2.29. The minimum atomic E-state index is 0.864. The molecule has 0 saturated heterocycles. The first-order valence-corrected chi connectivity index (χ1v) is 24.7. The molecule has 0 saturated carbocycles. The lowest BCUT2D eigenvalue weighted by Gasteiger charge is -2.34. The van der Waals surface area contributed by atoms with Crippen molar-refractivity contribution in [2.45, 2.75) is 19.6 Å². The zero-order chi connectivity index (χ0) is 45.2. The van der Waals surface area contributed by atoms with Crippen molar-refractivity contribution in [3.05, 3.63) is 219 Å². The van der Waals surface area contributed by atoms with E-state index in [2.05, 4.69) is 192 Å². The van der Waals surface area contributed by atoms with Gasteiger partial charge in [0.1, 0.15) is 11.2 Å². The second-order valence-electron chi connectivity index (χ2n) is 17.8. The molecule has 7 heteroatoms. The highest BCUT2D eigenvalue weighted by atomic mass is 32.2. The van der Waals surface area contributed by atoms with Crippen LogP contribution in [-0.2, 0) is 0 Å². The topological polar surface area (TPSA) is 45.4 Å². The molecule has 13 aromatic rings. The molecule has 0 fully saturated rings. The molecule has 5 heterocycles. The molecule has 10 aromatic carbocycles. The molecule has 3 aromatic heterocycles. The van der Waals surface area contributed by atoms with Gasteiger partial charge < -0.3 is 14.2 Å². The molecule has 0 unspecified atom stereocenters. The third kappa shape index (κ3) is 6.01. The van der Waals surface area contributed by atoms with Crippen LogP contribution in [0.3, 0.4) is 0 Å². The Balaban J connectivity index is 0.974. The first kappa shape index (κ1) is 38.7. The number of anilines is 6. The van der Waals surface area contributed by atoms with Crippen LogP contribution in [0.2, 0.25) is 0 Å². The number of nitrogens with zero attached hydrogens (tertiary/aromatic N) is 4. The van der Waals surface area contributed by atoms with Crippen LogP contribution in [-0.4, -0.2) is 9.97 Å². The molecule has 2 aliphatic rings. The Bertz CT molecular complexity index is 4240. The molecule has 0 radical (unpaired) electrons. The summed E-state index contributed by atoms with van der Waals surface area (Å²) < 4.78 is 6.81. The van der Waals surface area contributed by atoms with E-state index in [1.165, 1.54) is 52.5 Å². The van der Waals surface area contributed by atoms with Crippen LogP contribution in [0.25, 0.3) is 87.3 Å². The molecule has 0 bridgehead atoms. The number of pyridine rings is 2. The van der Waals surface area contributed by atoms with Gasteiger partial charge in [-0.05, 0) is 157 Å². The van der Waals surface area contributed by atoms with Gasteiger partial charge in [-0.15, -0.1) is 0 Å². The summed E-state index contributed by atoms with van der Waals surface area (Å²) in [5, 5.41) is 11.6. The fourth-order valence-corrected chi connectivity index (χ4v) is 13.0. The average Bonchev–Trinajstić information content (AvgIpc) is 3.74. The van der Waals surface area contributed by atoms with E-state index in [-0.39, 0.29) is 0 Å². The van der Waals surface area contributed by atoms with Crippen molar-refractivity contribution < 1.29 is 4.42 Å². The Morgan fingerprint density at radius 1 is 0.333 bits per heavy atom. The summed E-state index contributed by atoms with van der Waals surface area (Å²) >= 11 is 3.64. The summed E-state index contributed by atoms with van der Waals surface area (Å²) in [6.07, 6.45) is 7.71. The third-order valence-corrected chi connectivity index (χ3v) is 16.1. The summed E-state index contributed by atoms with van der Waals surface area (Å²) in [6, 6.07) is 70.8. The van der Waals surface area contributed by atoms with Crippen LogP contribution in [0.4, 0.5) is 34.1 Å². The maximum atomic E-state index is 6.81. The van der Waals surface area contributed by atoms with Crippen LogP contribution in [0.5, 0.6) is 0 Å². The SMILES string of the molecule is c1cncc(-c2c3ccc(N4c5ccccc5Sc5cc6c(cc54)oc4cc5cc7ccccc7cc5cc46)cc3c(-c3cccnc3)c3ccc(N4c5ccccc5Sc5ccccc54)cc23)c1. The highest BCUT2D eigenvalue weighted by molar-refractivity contribution is 8.00. The van der Waals surface area contributed by atoms with Gasteiger partial charge in [0.15, 0.2) is 0 Å². The summed E-state index contributed by atoms with van der Waals surface area (Å²) in [5.74, 6) is 0. The van der Waals surface area contributed by atoms with Crippen LogP contribution in [0.15, 0.2) is 243 Å². The van der Waals surface area contributed by atoms with Crippen LogP contribution < -0.4 is 9.80 Å². The maximum absolute atomic E-state index is 6.81. The third-order valence-electron chi connectivity index (χ3n) is 13.9. The Morgan fingerprint density at radius 3 is 1.36 bits per heavy atom. The summed E-state index contributed by atoms with van der Waals surface area (Å²) in [5.41, 5.74) is 12.8. The van der Waals surface area contributed by atoms with Gasteiger partial charge in [-0.1, -0.05) is 108 Å². The number of rotatable bonds is 4. The molecule has 15 rings (SSSR count). The molecule has 0 N–H and O–H groups in total. The summed E-state index contributed by atoms with van der Waals surface area (Å²) in [7, 11) is 0. The van der Waals surface area contributed by atoms with Gasteiger partial charge in [0, 0.05) is 83.7 Å². The van der Waals surface area contributed by atoms with Gasteiger partial charge in [0.05, 0.1) is 22.7 Å². The normalized spacial score (nSPS) is 13.0. The Labute approximate surface area is 405 Å². The highest BCUT2D eigenvalue weighted by Crippen LogP contribution is 2.56. The lowest BCUT2D eigenvalue weighted by molar-refractivity contribution is 0.669. The number of furan rings is 1. The minimum absolute atomic E-state index is 0.864. The van der Waals surface area contributed by atoms with Crippen molar-refractivity contribution in [3.8, 4) is 22.3 Å². The number of benzene rings is 10. The molecule has 2 aliphatic heterocycles. The van der Waals surface area contributed by atoms with Crippen molar-refractivity contribution in [2.24, 2.45) is 0 Å². The van der Waals surface area contributed by atoms with E-state index in [9.17, 15) is 0 Å². The van der Waals surface area contributed by atoms with Crippen LogP contribution in [0.1, 0.15) is 0 Å². The smallest absolute Gasteiger partial charge is 0.137 e. The Hall–Kier alpha value is -8.36. The van der Waals surface area contributed by atoms with Gasteiger partial charge in [-0.2, -0.15) is 0 Å². The lowest BCUT2D eigenvalue weighted by atomic mass is 9.86. The quantitative estimate of drug-likeness (QED) is 0.163. The van der Waals surface area contributed by atoms with Gasteiger partial charge in [0.2, 0.25) is 0 Å². The molecular weight excluding hydrogens is 881 g/mol. The van der Waals surface area contributed by atoms with E-state index in [0.29, 0.717) is 0 Å². The van der Waals surface area contributed by atoms with Gasteiger partial charge in [-0.3, -0.25) is 9.97 Å². The van der Waals surface area contributed by atoms with Crippen molar-refractivity contribution in [3.63, 3.8) is 0 Å². The molecule has 69 heavy (non-hydrogen) atoms. The van der Waals surface area contributed by atoms with Gasteiger partial charge in [0.25, 0.3) is 0 Å². The summed E-state index contributed by atoms with van der Waals surface area (Å²) in [4.78, 5) is 19.1. The van der Waals surface area contributed by atoms with Crippen molar-refractivity contribution in [1.82, 2.24) is 9.97 Å². The fourth-order valence-electron chi connectivity index (χ4n) is 10.8. The van der Waals surface area contributed by atoms with E-state index in [0.717, 1.165) is 88.5 Å². The standard InChI is InChI=1S/C62H36N4OS2/c1-2-12-38-28-42-30-55-47(29-41(42)27-37(38)11-1)48-33-60-54(34-56(48)67-55)66(53-17-5-8-20-59(53)69-60)44-22-24-46-50(32-44)62(40-14-10-26-64-36-40)45-23-21-43(31-49(45)61(46)39-13-9-25-63-35-39)65-51-15-3-6-18-57(51)68-58-19-7-4-16-52(58)65/h1-36H. The van der Waals surface area contributed by atoms with E-state index in [4.69, 9.17) is 14.4 Å². The second-order valence-corrected chi connectivity index (χ2v) is 20.0. The fraction of sp³-hybridized carbons (Fsp3) is 0. The monoisotopic (exact) mass is 916 g/mol. The van der Waals surface area contributed by atoms with Crippen LogP contribution in [0, 0.1) is 0 Å². The molecule has 0 spiro atoms. The van der Waals surface area contributed by atoms with E-state index in [1.54, 1.807) is 0 Å². The number of hydrogen-bond acceptors (Lipinski definition) is 7. The molecule has 0 atom stereocenters. The molecular formula is C62H36N4OS2. The Kier molecular flexibility index (Phi) is 8.46. The number of fused-ring (bicyclic) bond motifs is 11. The minimum Gasteiger partial charge on any atom is -0.456 e. The molecule has 5 nitrogen and oxygen atoms in total. The van der Waals surface area contributed by atoms with Crippen molar-refractivity contribution >= 4 is 123 Å². The zero-order valence-electron chi connectivity index (χ0n) is 36.8. The molecule has 0 aliphatic carbocycles. The second kappa shape index (κ2) is 15.1. The lowest BCUT2D eigenvalue weighted by Crippen LogP contribution is -2.15. The Morgan fingerprint density at radius 2 is 0.812 bits per heavy atom. The maximum Gasteiger partial charge on any atom is 0.137 e. The zero-order valence-corrected chi connectivity index (χ0v) is 38.4. The van der Waals surface area contributed by atoms with Crippen molar-refractivity contribution in [1.29, 1.82) is 0 Å². The first-order chi connectivity index (χ1) is 34.2. The molecule has 322 valence electrons. The number of hydrogen-bond donors (Lipinski definition) is 0. The number of para-hydroxylation sites is 3. The van der Waals surface area contributed by atoms with Gasteiger partial charge >= 0.3 is 0 Å². The molecule has 0 amide bonds. The van der Waals surface area contributed by atoms with E-state index < -0.39 is 0 Å².